The van der Waals surface area contributed by atoms with Gasteiger partial charge in [-0.25, -0.2) is 4.79 Å². The molecule has 1 atom stereocenters. The molecule has 1 fully saturated rings. The maximum Gasteiger partial charge on any atom is 0.322 e. The molecule has 21 heavy (non-hydrogen) atoms. The number of fused-ring (bicyclic) bond motifs is 1. The molecule has 0 aromatic heterocycles. The number of anilines is 1. The number of urea groups is 1. The van der Waals surface area contributed by atoms with Crippen molar-refractivity contribution in [2.45, 2.75) is 45.1 Å². The molecule has 1 aliphatic carbocycles. The zero-order chi connectivity index (χ0) is 14.7. The van der Waals surface area contributed by atoms with Crippen molar-refractivity contribution in [2.75, 3.05) is 25.0 Å². The van der Waals surface area contributed by atoms with Gasteiger partial charge in [0.05, 0.1) is 12.7 Å². The highest BCUT2D eigenvalue weighted by molar-refractivity contribution is 5.90. The number of carbonyl (C=O) groups excluding carboxylic acids is 1. The number of morpholine rings is 1. The molecule has 4 nitrogen and oxygen atoms in total. The minimum atomic E-state index is 0.00993. The Hall–Kier alpha value is -1.55. The number of amides is 2. The molecule has 0 radical (unpaired) electrons. The summed E-state index contributed by atoms with van der Waals surface area (Å²) in [4.78, 5) is 14.3. The van der Waals surface area contributed by atoms with E-state index in [1.807, 2.05) is 17.0 Å². The normalized spacial score (nSPS) is 21.8. The van der Waals surface area contributed by atoms with Crippen molar-refractivity contribution in [3.8, 4) is 0 Å². The Bertz CT molecular complexity index is 516. The third kappa shape index (κ3) is 3.21. The van der Waals surface area contributed by atoms with Crippen LogP contribution in [0.15, 0.2) is 18.2 Å². The molecule has 1 aliphatic heterocycles. The second kappa shape index (κ2) is 6.48. The highest BCUT2D eigenvalue weighted by Crippen LogP contribution is 2.28. The predicted molar refractivity (Wildman–Crippen MR) is 83.7 cm³/mol. The minimum Gasteiger partial charge on any atom is -0.375 e. The van der Waals surface area contributed by atoms with Gasteiger partial charge in [0.25, 0.3) is 0 Å². The molecule has 2 aliphatic rings. The van der Waals surface area contributed by atoms with E-state index in [-0.39, 0.29) is 12.1 Å². The molecule has 1 saturated heterocycles. The van der Waals surface area contributed by atoms with Crippen molar-refractivity contribution in [1.82, 2.24) is 4.90 Å². The zero-order valence-electron chi connectivity index (χ0n) is 12.7. The summed E-state index contributed by atoms with van der Waals surface area (Å²) < 4.78 is 5.63. The Labute approximate surface area is 126 Å². The lowest BCUT2D eigenvalue weighted by molar-refractivity contribution is -0.0134. The molecule has 0 bridgehead atoms. The van der Waals surface area contributed by atoms with E-state index < -0.39 is 0 Å². The van der Waals surface area contributed by atoms with Crippen molar-refractivity contribution in [1.29, 1.82) is 0 Å². The maximum absolute atomic E-state index is 12.5. The second-order valence-electron chi connectivity index (χ2n) is 5.93. The largest absolute Gasteiger partial charge is 0.375 e. The van der Waals surface area contributed by atoms with Gasteiger partial charge in [-0.05, 0) is 49.3 Å². The lowest BCUT2D eigenvalue weighted by atomic mass is 9.90. The monoisotopic (exact) mass is 288 g/mol. The number of rotatable bonds is 2. The van der Waals surface area contributed by atoms with Crippen molar-refractivity contribution in [3.05, 3.63) is 29.3 Å². The van der Waals surface area contributed by atoms with Gasteiger partial charge >= 0.3 is 6.03 Å². The van der Waals surface area contributed by atoms with Gasteiger partial charge in [-0.15, -0.1) is 0 Å². The number of aryl methyl sites for hydroxylation is 1. The molecule has 1 aromatic rings. The molecule has 114 valence electrons. The van der Waals surface area contributed by atoms with Crippen LogP contribution in [0.5, 0.6) is 0 Å². The summed E-state index contributed by atoms with van der Waals surface area (Å²) in [6.45, 7) is 4.10. The highest BCUT2D eigenvalue weighted by Gasteiger charge is 2.24. The van der Waals surface area contributed by atoms with E-state index in [0.717, 1.165) is 24.9 Å². The molecular formula is C17H24N2O2. The zero-order valence-corrected chi connectivity index (χ0v) is 12.7. The molecule has 1 N–H and O–H groups in total. The van der Waals surface area contributed by atoms with Crippen LogP contribution in [0.1, 0.15) is 37.3 Å². The first-order chi connectivity index (χ1) is 10.3. The van der Waals surface area contributed by atoms with E-state index >= 15 is 0 Å². The van der Waals surface area contributed by atoms with Gasteiger partial charge in [-0.3, -0.25) is 0 Å². The fourth-order valence-corrected chi connectivity index (χ4v) is 3.24. The highest BCUT2D eigenvalue weighted by atomic mass is 16.5. The lowest BCUT2D eigenvalue weighted by Crippen LogP contribution is -2.47. The van der Waals surface area contributed by atoms with E-state index in [1.165, 1.54) is 24.0 Å². The number of nitrogens with one attached hydrogen (secondary N) is 1. The quantitative estimate of drug-likeness (QED) is 0.908. The molecule has 3 rings (SSSR count). The Balaban J connectivity index is 1.70. The topological polar surface area (TPSA) is 41.6 Å². The van der Waals surface area contributed by atoms with E-state index in [0.29, 0.717) is 19.7 Å². The van der Waals surface area contributed by atoms with Crippen LogP contribution >= 0.6 is 0 Å². The first kappa shape index (κ1) is 14.4. The average Bonchev–Trinajstić information content (AvgIpc) is 2.55. The van der Waals surface area contributed by atoms with Crippen LogP contribution in [-0.2, 0) is 17.6 Å². The van der Waals surface area contributed by atoms with Crippen LogP contribution < -0.4 is 5.32 Å². The minimum absolute atomic E-state index is 0.00993. The maximum atomic E-state index is 12.5. The summed E-state index contributed by atoms with van der Waals surface area (Å²) in [6, 6.07) is 6.27. The number of hydrogen-bond acceptors (Lipinski definition) is 2. The molecule has 4 heteroatoms. The first-order valence-corrected chi connectivity index (χ1v) is 8.06. The fraction of sp³-hybridized carbons (Fsp3) is 0.588. The predicted octanol–water partition coefficient (Wildman–Crippen LogP) is 3.21. The number of hydrogen-bond donors (Lipinski definition) is 1. The Morgan fingerprint density at radius 2 is 2.24 bits per heavy atom. The van der Waals surface area contributed by atoms with E-state index in [4.69, 9.17) is 4.74 Å². The van der Waals surface area contributed by atoms with Crippen molar-refractivity contribution in [2.24, 2.45) is 0 Å². The summed E-state index contributed by atoms with van der Waals surface area (Å²) in [5, 5.41) is 3.12. The standard InChI is InChI=1S/C17H24N2O2/c1-2-14-12-19(10-11-21-14)17(20)18-16-9-5-7-13-6-3-4-8-15(13)16/h5,7,9,14H,2-4,6,8,10-12H2,1H3,(H,18,20)/t14-/m0/s1. The van der Waals surface area contributed by atoms with Gasteiger partial charge in [0.1, 0.15) is 0 Å². The van der Waals surface area contributed by atoms with Crippen LogP contribution in [0.4, 0.5) is 10.5 Å². The van der Waals surface area contributed by atoms with Crippen molar-refractivity contribution >= 4 is 11.7 Å². The molecule has 0 unspecified atom stereocenters. The number of ether oxygens (including phenoxy) is 1. The Morgan fingerprint density at radius 1 is 1.38 bits per heavy atom. The summed E-state index contributed by atoms with van der Waals surface area (Å²) in [6.07, 6.45) is 5.81. The Morgan fingerprint density at radius 3 is 3.10 bits per heavy atom. The van der Waals surface area contributed by atoms with Crippen LogP contribution in [0.3, 0.4) is 0 Å². The Kier molecular flexibility index (Phi) is 4.44. The van der Waals surface area contributed by atoms with E-state index in [9.17, 15) is 4.79 Å². The number of nitrogens with zero attached hydrogens (tertiary/aromatic N) is 1. The van der Waals surface area contributed by atoms with Gasteiger partial charge in [-0.2, -0.15) is 0 Å². The summed E-state index contributed by atoms with van der Waals surface area (Å²) in [7, 11) is 0. The number of carbonyl (C=O) groups is 1. The second-order valence-corrected chi connectivity index (χ2v) is 5.93. The molecule has 0 saturated carbocycles. The SMILES string of the molecule is CC[C@H]1CN(C(=O)Nc2cccc3c2CCCC3)CCO1. The van der Waals surface area contributed by atoms with Crippen LogP contribution in [0, 0.1) is 0 Å². The molecule has 0 spiro atoms. The molecule has 1 aromatic carbocycles. The smallest absolute Gasteiger partial charge is 0.322 e. The van der Waals surface area contributed by atoms with Crippen LogP contribution in [-0.4, -0.2) is 36.7 Å². The first-order valence-electron chi connectivity index (χ1n) is 8.06. The lowest BCUT2D eigenvalue weighted by Gasteiger charge is -2.33. The molecular weight excluding hydrogens is 264 g/mol. The van der Waals surface area contributed by atoms with Crippen molar-refractivity contribution < 1.29 is 9.53 Å². The van der Waals surface area contributed by atoms with Gasteiger partial charge in [0.2, 0.25) is 0 Å². The fourth-order valence-electron chi connectivity index (χ4n) is 3.24. The summed E-state index contributed by atoms with van der Waals surface area (Å²) in [5.74, 6) is 0. The third-order valence-corrected chi connectivity index (χ3v) is 4.52. The summed E-state index contributed by atoms with van der Waals surface area (Å²) >= 11 is 0. The molecule has 2 amide bonds. The number of benzene rings is 1. The van der Waals surface area contributed by atoms with Gasteiger partial charge < -0.3 is 15.0 Å². The van der Waals surface area contributed by atoms with E-state index in [1.54, 1.807) is 0 Å². The van der Waals surface area contributed by atoms with Crippen LogP contribution in [0.25, 0.3) is 0 Å². The van der Waals surface area contributed by atoms with Gasteiger partial charge in [0.15, 0.2) is 0 Å². The van der Waals surface area contributed by atoms with Gasteiger partial charge in [0, 0.05) is 18.8 Å². The van der Waals surface area contributed by atoms with E-state index in [2.05, 4.69) is 18.3 Å². The third-order valence-electron chi connectivity index (χ3n) is 4.52. The molecule has 1 heterocycles. The average molecular weight is 288 g/mol. The van der Waals surface area contributed by atoms with Crippen molar-refractivity contribution in [3.63, 3.8) is 0 Å². The summed E-state index contributed by atoms with van der Waals surface area (Å²) in [5.41, 5.74) is 3.72. The van der Waals surface area contributed by atoms with Crippen LogP contribution in [0.2, 0.25) is 0 Å². The van der Waals surface area contributed by atoms with Gasteiger partial charge in [-0.1, -0.05) is 19.1 Å².